The molecule has 5 heteroatoms. The molecular weight excluding hydrogens is 235 g/mol. The number of hydrogen-bond acceptors (Lipinski definition) is 3. The number of carbonyl (C=O) groups is 1. The van der Waals surface area contributed by atoms with Crippen LogP contribution in [0.15, 0.2) is 12.1 Å². The number of aliphatic hydroxyl groups is 1. The van der Waals surface area contributed by atoms with Crippen LogP contribution in [0.5, 0.6) is 0 Å². The molecule has 1 rings (SSSR count). The summed E-state index contributed by atoms with van der Waals surface area (Å²) in [6.45, 7) is 1.86. The number of rotatable bonds is 3. The van der Waals surface area contributed by atoms with E-state index in [1.807, 2.05) is 6.92 Å². The first-order valence-electron chi connectivity index (χ1n) is 4.75. The van der Waals surface area contributed by atoms with E-state index in [-0.39, 0.29) is 10.6 Å². The Bertz CT molecular complexity index is 406. The van der Waals surface area contributed by atoms with Crippen LogP contribution in [0.3, 0.4) is 0 Å². The summed E-state index contributed by atoms with van der Waals surface area (Å²) in [5.41, 5.74) is 0.584. The van der Waals surface area contributed by atoms with Crippen LogP contribution in [0.4, 0.5) is 4.39 Å². The van der Waals surface area contributed by atoms with E-state index >= 15 is 0 Å². The van der Waals surface area contributed by atoms with Crippen molar-refractivity contribution in [2.45, 2.75) is 19.4 Å². The first-order valence-corrected chi connectivity index (χ1v) is 5.12. The monoisotopic (exact) mass is 246 g/mol. The third kappa shape index (κ3) is 2.51. The van der Waals surface area contributed by atoms with E-state index < -0.39 is 17.9 Å². The molecule has 1 N–H and O–H groups in total. The Morgan fingerprint density at radius 3 is 2.75 bits per heavy atom. The topological polar surface area (TPSA) is 46.5 Å². The van der Waals surface area contributed by atoms with Crippen LogP contribution in [0.25, 0.3) is 0 Å². The lowest BCUT2D eigenvalue weighted by atomic mass is 10.0. The predicted octanol–water partition coefficient (Wildman–Crippen LogP) is 2.25. The van der Waals surface area contributed by atoms with E-state index in [1.165, 1.54) is 12.1 Å². The molecule has 3 nitrogen and oxygen atoms in total. The molecule has 0 aliphatic rings. The molecule has 0 fully saturated rings. The molecular formula is C11H12ClFO3. The van der Waals surface area contributed by atoms with Gasteiger partial charge in [0.15, 0.2) is 6.10 Å². The maximum absolute atomic E-state index is 13.6. The maximum atomic E-state index is 13.6. The number of hydrogen-bond donors (Lipinski definition) is 1. The van der Waals surface area contributed by atoms with Gasteiger partial charge in [-0.3, -0.25) is 0 Å². The molecule has 1 unspecified atom stereocenters. The van der Waals surface area contributed by atoms with Crippen molar-refractivity contribution >= 4 is 17.6 Å². The highest BCUT2D eigenvalue weighted by atomic mass is 35.5. The standard InChI is InChI=1S/C11H12ClFO3/c1-3-6-4-7(9(13)8(12)5-6)10(14)11(15)16-2/h4-5,10,14H,3H2,1-2H3. The lowest BCUT2D eigenvalue weighted by Crippen LogP contribution is -2.15. The highest BCUT2D eigenvalue weighted by Crippen LogP contribution is 2.26. The van der Waals surface area contributed by atoms with Crippen molar-refractivity contribution < 1.29 is 19.0 Å². The zero-order chi connectivity index (χ0) is 12.3. The Hall–Kier alpha value is -1.13. The molecule has 0 amide bonds. The van der Waals surface area contributed by atoms with Gasteiger partial charge < -0.3 is 9.84 Å². The minimum Gasteiger partial charge on any atom is -0.467 e. The van der Waals surface area contributed by atoms with E-state index in [0.29, 0.717) is 6.42 Å². The molecule has 88 valence electrons. The van der Waals surface area contributed by atoms with Gasteiger partial charge in [0.25, 0.3) is 0 Å². The van der Waals surface area contributed by atoms with Crippen molar-refractivity contribution in [3.8, 4) is 0 Å². The lowest BCUT2D eigenvalue weighted by molar-refractivity contribution is -0.150. The number of ether oxygens (including phenoxy) is 1. The van der Waals surface area contributed by atoms with Crippen LogP contribution >= 0.6 is 11.6 Å². The summed E-state index contributed by atoms with van der Waals surface area (Å²) in [4.78, 5) is 11.1. The third-order valence-electron chi connectivity index (χ3n) is 2.24. The van der Waals surface area contributed by atoms with Crippen LogP contribution in [-0.4, -0.2) is 18.2 Å². The van der Waals surface area contributed by atoms with Gasteiger partial charge in [0.2, 0.25) is 0 Å². The van der Waals surface area contributed by atoms with Crippen LogP contribution in [0, 0.1) is 5.82 Å². The predicted molar refractivity (Wildman–Crippen MR) is 57.8 cm³/mol. The summed E-state index contributed by atoms with van der Waals surface area (Å²) in [7, 11) is 1.12. The Kier molecular flexibility index (Phi) is 4.26. The SMILES string of the molecule is CCc1cc(Cl)c(F)c(C(O)C(=O)OC)c1. The summed E-state index contributed by atoms with van der Waals surface area (Å²) in [6.07, 6.45) is -1.02. The molecule has 0 radical (unpaired) electrons. The van der Waals surface area contributed by atoms with E-state index in [4.69, 9.17) is 11.6 Å². The average molecular weight is 247 g/mol. The number of carbonyl (C=O) groups excluding carboxylic acids is 1. The van der Waals surface area contributed by atoms with Crippen molar-refractivity contribution in [1.29, 1.82) is 0 Å². The minimum absolute atomic E-state index is 0.114. The fraction of sp³-hybridized carbons (Fsp3) is 0.364. The summed E-state index contributed by atoms with van der Waals surface area (Å²) >= 11 is 5.65. The van der Waals surface area contributed by atoms with Crippen molar-refractivity contribution in [2.24, 2.45) is 0 Å². The Balaban J connectivity index is 3.21. The lowest BCUT2D eigenvalue weighted by Gasteiger charge is -2.12. The van der Waals surface area contributed by atoms with Crippen LogP contribution in [0.1, 0.15) is 24.2 Å². The number of benzene rings is 1. The van der Waals surface area contributed by atoms with Gasteiger partial charge in [-0.2, -0.15) is 0 Å². The molecule has 0 aromatic heterocycles. The van der Waals surface area contributed by atoms with Gasteiger partial charge in [-0.1, -0.05) is 18.5 Å². The molecule has 1 aromatic rings. The average Bonchev–Trinajstić information content (AvgIpc) is 2.30. The smallest absolute Gasteiger partial charge is 0.339 e. The fourth-order valence-corrected chi connectivity index (χ4v) is 1.56. The summed E-state index contributed by atoms with van der Waals surface area (Å²) in [5.74, 6) is -1.71. The Morgan fingerprint density at radius 1 is 1.62 bits per heavy atom. The zero-order valence-corrected chi connectivity index (χ0v) is 9.71. The molecule has 1 aromatic carbocycles. The molecule has 0 saturated heterocycles. The number of methoxy groups -OCH3 is 1. The first-order chi connectivity index (χ1) is 7.51. The van der Waals surface area contributed by atoms with Gasteiger partial charge in [-0.25, -0.2) is 9.18 Å². The van der Waals surface area contributed by atoms with Crippen LogP contribution in [-0.2, 0) is 16.0 Å². The summed E-state index contributed by atoms with van der Waals surface area (Å²) < 4.78 is 17.9. The number of esters is 1. The van der Waals surface area contributed by atoms with Gasteiger partial charge in [0, 0.05) is 5.56 Å². The molecule has 0 aliphatic carbocycles. The molecule has 0 aliphatic heterocycles. The van der Waals surface area contributed by atoms with Crippen molar-refractivity contribution in [2.75, 3.05) is 7.11 Å². The Labute approximate surface area is 97.8 Å². The minimum atomic E-state index is -1.64. The molecule has 0 bridgehead atoms. The second-order valence-corrected chi connectivity index (χ2v) is 3.67. The maximum Gasteiger partial charge on any atom is 0.339 e. The number of aliphatic hydroxyl groups excluding tert-OH is 1. The van der Waals surface area contributed by atoms with E-state index in [9.17, 15) is 14.3 Å². The molecule has 1 atom stereocenters. The second kappa shape index (κ2) is 5.27. The van der Waals surface area contributed by atoms with Gasteiger partial charge in [0.05, 0.1) is 12.1 Å². The van der Waals surface area contributed by atoms with Crippen LogP contribution < -0.4 is 0 Å². The number of halogens is 2. The van der Waals surface area contributed by atoms with E-state index in [2.05, 4.69) is 4.74 Å². The quantitative estimate of drug-likeness (QED) is 0.832. The van der Waals surface area contributed by atoms with E-state index in [0.717, 1.165) is 12.7 Å². The molecule has 0 saturated carbocycles. The largest absolute Gasteiger partial charge is 0.467 e. The fourth-order valence-electron chi connectivity index (χ4n) is 1.31. The van der Waals surface area contributed by atoms with Crippen molar-refractivity contribution in [3.05, 3.63) is 34.1 Å². The summed E-state index contributed by atoms with van der Waals surface area (Å²) in [5, 5.41) is 9.43. The van der Waals surface area contributed by atoms with Gasteiger partial charge in [0.1, 0.15) is 5.82 Å². The second-order valence-electron chi connectivity index (χ2n) is 3.26. The highest BCUT2D eigenvalue weighted by Gasteiger charge is 2.23. The summed E-state index contributed by atoms with van der Waals surface area (Å²) in [6, 6.07) is 2.87. The molecule has 16 heavy (non-hydrogen) atoms. The number of aryl methyl sites for hydroxylation is 1. The first kappa shape index (κ1) is 12.9. The van der Waals surface area contributed by atoms with Crippen molar-refractivity contribution in [3.63, 3.8) is 0 Å². The Morgan fingerprint density at radius 2 is 2.25 bits per heavy atom. The third-order valence-corrected chi connectivity index (χ3v) is 2.52. The van der Waals surface area contributed by atoms with Gasteiger partial charge in [-0.05, 0) is 24.1 Å². The molecule has 0 heterocycles. The van der Waals surface area contributed by atoms with E-state index in [1.54, 1.807) is 0 Å². The normalized spacial score (nSPS) is 12.3. The van der Waals surface area contributed by atoms with Crippen molar-refractivity contribution in [1.82, 2.24) is 0 Å². The van der Waals surface area contributed by atoms with Gasteiger partial charge in [-0.15, -0.1) is 0 Å². The highest BCUT2D eigenvalue weighted by molar-refractivity contribution is 6.30. The zero-order valence-electron chi connectivity index (χ0n) is 8.96. The van der Waals surface area contributed by atoms with Crippen LogP contribution in [0.2, 0.25) is 5.02 Å². The van der Waals surface area contributed by atoms with Gasteiger partial charge >= 0.3 is 5.97 Å². The molecule has 0 spiro atoms.